The monoisotopic (exact) mass is 785 g/mol. The Morgan fingerprint density at radius 1 is 0.561 bits per heavy atom. The fraction of sp³-hybridized carbons (Fsp3) is 0.227. The van der Waals surface area contributed by atoms with Gasteiger partial charge in [0.2, 0.25) is 29.5 Å². The molecule has 0 saturated heterocycles. The average Bonchev–Trinajstić information content (AvgIpc) is 3.73. The number of carbonyl (C=O) groups is 6. The van der Waals surface area contributed by atoms with Gasteiger partial charge in [0.05, 0.1) is 0 Å². The lowest BCUT2D eigenvalue weighted by atomic mass is 9.99. The minimum atomic E-state index is -1.35. The van der Waals surface area contributed by atoms with E-state index in [-0.39, 0.29) is 38.5 Å². The number of carbonyl (C=O) groups excluding carboxylic acids is 5. The summed E-state index contributed by atoms with van der Waals surface area (Å²) in [6.07, 6.45) is -0.261. The van der Waals surface area contributed by atoms with Crippen molar-refractivity contribution in [1.29, 1.82) is 0 Å². The second-order valence-electron chi connectivity index (χ2n) is 13.8. The zero-order valence-electron chi connectivity index (χ0n) is 31.0. The molecule has 1 aromatic heterocycles. The normalized spacial score (nSPS) is 19.9. The van der Waals surface area contributed by atoms with E-state index in [1.165, 1.54) is 11.3 Å². The number of thiophene rings is 1. The van der Waals surface area contributed by atoms with Crippen molar-refractivity contribution in [2.24, 2.45) is 0 Å². The van der Waals surface area contributed by atoms with Crippen LogP contribution in [0.2, 0.25) is 0 Å². The lowest BCUT2D eigenvalue weighted by Gasteiger charge is -2.26. The molecule has 2 bridgehead atoms. The van der Waals surface area contributed by atoms with Gasteiger partial charge in [0, 0.05) is 49.1 Å². The van der Waals surface area contributed by atoms with Gasteiger partial charge in [0.1, 0.15) is 24.2 Å². The Hall–Kier alpha value is -6.60. The summed E-state index contributed by atoms with van der Waals surface area (Å²) in [6, 6.07) is 31.5. The second kappa shape index (κ2) is 19.3. The predicted octanol–water partition coefficient (Wildman–Crippen LogP) is 4.44. The predicted molar refractivity (Wildman–Crippen MR) is 217 cm³/mol. The number of benzene rings is 4. The molecule has 0 fully saturated rings. The summed E-state index contributed by atoms with van der Waals surface area (Å²) < 4.78 is 0. The van der Waals surface area contributed by atoms with Crippen LogP contribution < -0.4 is 26.6 Å². The van der Waals surface area contributed by atoms with Crippen molar-refractivity contribution in [3.05, 3.63) is 148 Å². The molecule has 4 aromatic carbocycles. The molecule has 5 aromatic rings. The third-order valence-electron chi connectivity index (χ3n) is 9.56. The molecule has 292 valence electrons. The first kappa shape index (κ1) is 40.1. The number of rotatable bonds is 8. The van der Waals surface area contributed by atoms with Crippen LogP contribution in [0.15, 0.2) is 127 Å². The number of fused-ring (bicyclic) bond motifs is 18. The number of hydrogen-bond donors (Lipinski definition) is 6. The highest BCUT2D eigenvalue weighted by molar-refractivity contribution is 7.09. The smallest absolute Gasteiger partial charge is 0.326 e. The van der Waals surface area contributed by atoms with Crippen molar-refractivity contribution >= 4 is 52.5 Å². The van der Waals surface area contributed by atoms with Gasteiger partial charge in [-0.2, -0.15) is 0 Å². The molecule has 0 aliphatic carbocycles. The van der Waals surface area contributed by atoms with Crippen molar-refractivity contribution in [3.63, 3.8) is 0 Å². The van der Waals surface area contributed by atoms with Crippen LogP contribution in [0.5, 0.6) is 0 Å². The number of aliphatic carboxylic acids is 1. The van der Waals surface area contributed by atoms with Gasteiger partial charge < -0.3 is 31.7 Å². The van der Waals surface area contributed by atoms with Gasteiger partial charge in [0.25, 0.3) is 0 Å². The van der Waals surface area contributed by atoms with Crippen LogP contribution in [0, 0.1) is 0 Å². The number of anilines is 1. The Morgan fingerprint density at radius 2 is 1.11 bits per heavy atom. The van der Waals surface area contributed by atoms with Crippen LogP contribution in [0.4, 0.5) is 5.69 Å². The van der Waals surface area contributed by atoms with Crippen LogP contribution in [0.3, 0.4) is 0 Å². The van der Waals surface area contributed by atoms with E-state index in [1.807, 2.05) is 78.2 Å². The maximum absolute atomic E-state index is 14.4. The van der Waals surface area contributed by atoms with Crippen molar-refractivity contribution in [2.75, 3.05) is 5.32 Å². The van der Waals surface area contributed by atoms with Crippen molar-refractivity contribution in [2.45, 2.75) is 62.7 Å². The Kier molecular flexibility index (Phi) is 13.6. The van der Waals surface area contributed by atoms with Gasteiger partial charge in [-0.1, -0.05) is 103 Å². The van der Waals surface area contributed by atoms with Gasteiger partial charge in [-0.25, -0.2) is 4.79 Å². The van der Waals surface area contributed by atoms with E-state index >= 15 is 0 Å². The molecule has 4 unspecified atom stereocenters. The minimum absolute atomic E-state index is 0.0275. The quantitative estimate of drug-likeness (QED) is 0.126. The van der Waals surface area contributed by atoms with Crippen molar-refractivity contribution in [1.82, 2.24) is 21.3 Å². The molecule has 12 nitrogen and oxygen atoms in total. The molecule has 57 heavy (non-hydrogen) atoms. The molecule has 3 heterocycles. The molecule has 0 saturated carbocycles. The minimum Gasteiger partial charge on any atom is -0.480 e. The maximum atomic E-state index is 14.4. The van der Waals surface area contributed by atoms with Crippen LogP contribution in [-0.4, -0.2) is 64.8 Å². The van der Waals surface area contributed by atoms with Gasteiger partial charge in [0.15, 0.2) is 0 Å². The Bertz CT molecular complexity index is 2160. The molecule has 0 spiro atoms. The molecular weight excluding hydrogens is 743 g/mol. The first-order valence-electron chi connectivity index (χ1n) is 18.6. The van der Waals surface area contributed by atoms with E-state index < -0.39 is 59.7 Å². The van der Waals surface area contributed by atoms with Crippen LogP contribution >= 0.6 is 11.3 Å². The standard InChI is InChI=1S/C44H43N5O7S/c50-39-21-22-40(51)46-37(27-34-12-7-23-57-34)43(54)48-36(25-29-13-17-32(18-14-29)31-10-5-2-6-11-31)41(52)47-35(24-28-8-3-1-4-9-28)42(53)49-38(44(55)56)26-30-15-19-33(45-39)20-16-30/h1-20,23,35-38H,21-22,24-27H2,(H,45,50)(H,46,51)(H,47,52)(H,48,54)(H,49,53)(H,55,56). The highest BCUT2D eigenvalue weighted by Crippen LogP contribution is 2.21. The van der Waals surface area contributed by atoms with E-state index in [4.69, 9.17) is 0 Å². The fourth-order valence-corrected chi connectivity index (χ4v) is 7.25. The van der Waals surface area contributed by atoms with Gasteiger partial charge in [-0.15, -0.1) is 11.3 Å². The number of hydrogen-bond acceptors (Lipinski definition) is 7. The van der Waals surface area contributed by atoms with E-state index in [0.29, 0.717) is 22.4 Å². The Morgan fingerprint density at radius 3 is 1.70 bits per heavy atom. The highest BCUT2D eigenvalue weighted by Gasteiger charge is 2.32. The molecule has 5 amide bonds. The lowest BCUT2D eigenvalue weighted by Crippen LogP contribution is -2.59. The average molecular weight is 786 g/mol. The van der Waals surface area contributed by atoms with E-state index in [1.54, 1.807) is 48.5 Å². The molecule has 6 N–H and O–H groups in total. The highest BCUT2D eigenvalue weighted by atomic mass is 32.1. The van der Waals surface area contributed by atoms with E-state index in [2.05, 4.69) is 26.6 Å². The van der Waals surface area contributed by atoms with Crippen LogP contribution in [-0.2, 0) is 54.5 Å². The molecule has 0 radical (unpaired) electrons. The molecule has 2 aliphatic rings. The van der Waals surface area contributed by atoms with Gasteiger partial charge in [-0.3, -0.25) is 24.0 Å². The topological polar surface area (TPSA) is 183 Å². The van der Waals surface area contributed by atoms with Gasteiger partial charge >= 0.3 is 5.97 Å². The van der Waals surface area contributed by atoms with E-state index in [0.717, 1.165) is 16.0 Å². The van der Waals surface area contributed by atoms with Crippen LogP contribution in [0.1, 0.15) is 34.4 Å². The molecule has 2 aliphatic heterocycles. The largest absolute Gasteiger partial charge is 0.480 e. The lowest BCUT2D eigenvalue weighted by molar-refractivity contribution is -0.142. The third kappa shape index (κ3) is 11.7. The number of carboxylic acid groups (broad SMARTS) is 1. The van der Waals surface area contributed by atoms with Crippen LogP contribution in [0.25, 0.3) is 11.1 Å². The number of nitrogens with one attached hydrogen (secondary N) is 5. The summed E-state index contributed by atoms with van der Waals surface area (Å²) in [5.41, 5.74) is 4.40. The van der Waals surface area contributed by atoms with Crippen molar-refractivity contribution in [3.8, 4) is 11.1 Å². The first-order chi connectivity index (χ1) is 27.6. The van der Waals surface area contributed by atoms with E-state index in [9.17, 15) is 33.9 Å². The summed E-state index contributed by atoms with van der Waals surface area (Å²) in [6.45, 7) is 0. The zero-order valence-corrected chi connectivity index (χ0v) is 31.8. The Balaban J connectivity index is 1.34. The summed E-state index contributed by atoms with van der Waals surface area (Å²) >= 11 is 1.41. The fourth-order valence-electron chi connectivity index (χ4n) is 6.50. The number of carboxylic acids is 1. The second-order valence-corrected chi connectivity index (χ2v) is 14.9. The molecular formula is C44H43N5O7S. The molecule has 4 atom stereocenters. The Labute approximate surface area is 334 Å². The zero-order chi connectivity index (χ0) is 40.1. The van der Waals surface area contributed by atoms with Crippen molar-refractivity contribution < 1.29 is 33.9 Å². The summed E-state index contributed by atoms with van der Waals surface area (Å²) in [5, 5.41) is 25.7. The maximum Gasteiger partial charge on any atom is 0.326 e. The van der Waals surface area contributed by atoms with Gasteiger partial charge in [-0.05, 0) is 51.4 Å². The summed E-state index contributed by atoms with van der Waals surface area (Å²) in [4.78, 5) is 81.8. The molecule has 13 heteroatoms. The SMILES string of the molecule is O=C1CCC(=O)NC(Cc2cccs2)C(=O)NC(Cc2ccc(-c3ccccc3)cc2)C(=O)NC(Cc2ccccc2)C(=O)NC(C(=O)O)Cc2ccc(cc2)N1. The summed E-state index contributed by atoms with van der Waals surface area (Å²) in [5.74, 6) is -4.28. The summed E-state index contributed by atoms with van der Waals surface area (Å²) in [7, 11) is 0. The first-order valence-corrected chi connectivity index (χ1v) is 19.5. The molecule has 7 rings (SSSR count). The third-order valence-corrected chi connectivity index (χ3v) is 10.5. The number of amides is 5.